The standard InChI is InChI=1S/C48H39NOS/c1-30(2)32-21-24-43-39(27-32)40-28-33(31(3)4)22-25-44(40)49(43)42-17-9-5-13-35(42)34-23-26-48-41(29-34)38-16-8-12-20-47(38)51(48,50)45-18-10-6-14-36(45)37-15-7-11-19-46(37)51/h5-31H,1-4H3. The number of para-hydroxylation sites is 1. The van der Waals surface area contributed by atoms with Gasteiger partial charge in [-0.1, -0.05) is 119 Å². The number of rotatable bonds is 4. The maximum absolute atomic E-state index is 16.8. The summed E-state index contributed by atoms with van der Waals surface area (Å²) in [6.07, 6.45) is 0. The molecule has 0 fully saturated rings. The fourth-order valence-electron chi connectivity index (χ4n) is 8.99. The number of nitrogens with zero attached hydrogens (tertiary/aromatic N) is 1. The van der Waals surface area contributed by atoms with Crippen molar-refractivity contribution < 1.29 is 4.21 Å². The Bertz CT molecular complexity index is 2720. The van der Waals surface area contributed by atoms with Crippen molar-refractivity contribution in [3.8, 4) is 39.1 Å². The van der Waals surface area contributed by atoms with Gasteiger partial charge in [-0.25, -0.2) is 0 Å². The van der Waals surface area contributed by atoms with E-state index >= 15 is 4.21 Å². The van der Waals surface area contributed by atoms with Crippen molar-refractivity contribution in [2.75, 3.05) is 0 Å². The van der Waals surface area contributed by atoms with Crippen molar-refractivity contribution in [2.24, 2.45) is 0 Å². The first-order valence-corrected chi connectivity index (χ1v) is 20.0. The molecule has 0 radical (unpaired) electrons. The number of hydrogen-bond donors (Lipinski definition) is 0. The zero-order valence-corrected chi connectivity index (χ0v) is 30.2. The summed E-state index contributed by atoms with van der Waals surface area (Å²) in [5, 5.41) is 2.57. The van der Waals surface area contributed by atoms with Crippen LogP contribution in [0.4, 0.5) is 0 Å². The van der Waals surface area contributed by atoms with Gasteiger partial charge in [0.25, 0.3) is 0 Å². The third kappa shape index (κ3) is 3.79. The summed E-state index contributed by atoms with van der Waals surface area (Å²) in [7, 11) is -3.87. The largest absolute Gasteiger partial charge is 0.309 e. The summed E-state index contributed by atoms with van der Waals surface area (Å²) < 4.78 is 19.3. The van der Waals surface area contributed by atoms with Crippen molar-refractivity contribution in [1.82, 2.24) is 4.57 Å². The minimum absolute atomic E-state index is 0.442. The van der Waals surface area contributed by atoms with Crippen molar-refractivity contribution in [3.05, 3.63) is 163 Å². The van der Waals surface area contributed by atoms with Crippen LogP contribution in [-0.4, -0.2) is 8.78 Å². The van der Waals surface area contributed by atoms with Gasteiger partial charge in [-0.05, 0) is 111 Å². The Kier molecular flexibility index (Phi) is 6.25. The molecule has 2 aliphatic rings. The lowest BCUT2D eigenvalue weighted by Crippen LogP contribution is -2.29. The second-order valence-electron chi connectivity index (χ2n) is 14.9. The third-order valence-corrected chi connectivity index (χ3v) is 16.3. The first-order chi connectivity index (χ1) is 24.8. The highest BCUT2D eigenvalue weighted by Gasteiger charge is 2.57. The van der Waals surface area contributed by atoms with Gasteiger partial charge < -0.3 is 4.57 Å². The molecule has 0 bridgehead atoms. The topological polar surface area (TPSA) is 22.0 Å². The number of fused-ring (bicyclic) bond motifs is 13. The Morgan fingerprint density at radius 3 is 1.37 bits per heavy atom. The highest BCUT2D eigenvalue weighted by Crippen LogP contribution is 2.71. The van der Waals surface area contributed by atoms with Crippen LogP contribution in [0.5, 0.6) is 0 Å². The van der Waals surface area contributed by atoms with Crippen molar-refractivity contribution in [2.45, 2.75) is 59.1 Å². The molecule has 0 amide bonds. The maximum Gasteiger partial charge on any atom is 0.0541 e. The Morgan fingerprint density at radius 1 is 0.431 bits per heavy atom. The summed E-state index contributed by atoms with van der Waals surface area (Å²) in [6.45, 7) is 9.06. The van der Waals surface area contributed by atoms with E-state index in [0.717, 1.165) is 58.7 Å². The molecule has 248 valence electrons. The highest BCUT2D eigenvalue weighted by atomic mass is 32.3. The number of hydrogen-bond acceptors (Lipinski definition) is 1. The molecule has 1 aromatic heterocycles. The molecule has 0 saturated carbocycles. The van der Waals surface area contributed by atoms with Gasteiger partial charge in [-0.15, -0.1) is 0 Å². The van der Waals surface area contributed by atoms with E-state index in [9.17, 15) is 0 Å². The SMILES string of the molecule is CC(C)c1ccc2c(c1)c1cc(C(C)C)ccc1n2-c1ccccc1-c1ccc2c(c1)-c1ccccc1S21(=O)c2ccccc2-c2ccccc21. The molecular weight excluding hydrogens is 639 g/mol. The quantitative estimate of drug-likeness (QED) is 0.182. The molecule has 0 aliphatic carbocycles. The Hall–Kier alpha value is -5.51. The molecule has 2 nitrogen and oxygen atoms in total. The Balaban J connectivity index is 1.25. The van der Waals surface area contributed by atoms with E-state index in [-0.39, 0.29) is 0 Å². The lowest BCUT2D eigenvalue weighted by Gasteiger charge is -2.38. The molecule has 0 N–H and O–H groups in total. The summed E-state index contributed by atoms with van der Waals surface area (Å²) in [4.78, 5) is 3.66. The predicted octanol–water partition coefficient (Wildman–Crippen LogP) is 13.0. The molecule has 8 aromatic rings. The van der Waals surface area contributed by atoms with Crippen molar-refractivity contribution in [1.29, 1.82) is 0 Å². The Morgan fingerprint density at radius 2 is 0.863 bits per heavy atom. The zero-order valence-electron chi connectivity index (χ0n) is 29.4. The second kappa shape index (κ2) is 10.5. The van der Waals surface area contributed by atoms with Gasteiger partial charge in [-0.2, -0.15) is 0 Å². The van der Waals surface area contributed by atoms with Crippen LogP contribution in [0.3, 0.4) is 0 Å². The van der Waals surface area contributed by atoms with E-state index < -0.39 is 9.07 Å². The first-order valence-electron chi connectivity index (χ1n) is 18.1. The van der Waals surface area contributed by atoms with E-state index in [1.165, 1.54) is 32.9 Å². The van der Waals surface area contributed by atoms with Gasteiger partial charge >= 0.3 is 0 Å². The van der Waals surface area contributed by atoms with Crippen molar-refractivity contribution in [3.63, 3.8) is 0 Å². The van der Waals surface area contributed by atoms with Gasteiger partial charge in [0.15, 0.2) is 0 Å². The molecule has 3 heteroatoms. The summed E-state index contributed by atoms with van der Waals surface area (Å²) >= 11 is 0. The summed E-state index contributed by atoms with van der Waals surface area (Å²) in [5.41, 5.74) is 12.7. The second-order valence-corrected chi connectivity index (χ2v) is 18.5. The molecule has 2 aliphatic heterocycles. The molecule has 10 rings (SSSR count). The maximum atomic E-state index is 16.8. The molecular formula is C48H39NOS. The van der Waals surface area contributed by atoms with Crippen LogP contribution in [0, 0.1) is 0 Å². The van der Waals surface area contributed by atoms with Gasteiger partial charge in [0.2, 0.25) is 0 Å². The average Bonchev–Trinajstić information content (AvgIpc) is 3.71. The molecule has 51 heavy (non-hydrogen) atoms. The molecule has 0 unspecified atom stereocenters. The summed E-state index contributed by atoms with van der Waals surface area (Å²) in [6, 6.07) is 54.4. The van der Waals surface area contributed by atoms with Gasteiger partial charge in [0.05, 0.1) is 16.7 Å². The lowest BCUT2D eigenvalue weighted by atomic mass is 9.98. The van der Waals surface area contributed by atoms with E-state index in [2.05, 4.69) is 166 Å². The fourth-order valence-corrected chi connectivity index (χ4v) is 14.1. The van der Waals surface area contributed by atoms with Crippen LogP contribution in [0.1, 0.15) is 50.7 Å². The van der Waals surface area contributed by atoms with Crippen LogP contribution >= 0.6 is 0 Å². The van der Waals surface area contributed by atoms with Crippen LogP contribution in [0.2, 0.25) is 0 Å². The minimum Gasteiger partial charge on any atom is -0.309 e. The number of benzene rings is 7. The van der Waals surface area contributed by atoms with Crippen LogP contribution in [-0.2, 0) is 9.07 Å². The van der Waals surface area contributed by atoms with Crippen molar-refractivity contribution >= 4 is 30.9 Å². The zero-order chi connectivity index (χ0) is 34.7. The van der Waals surface area contributed by atoms with Gasteiger partial charge in [-0.3, -0.25) is 4.21 Å². The van der Waals surface area contributed by atoms with E-state index in [4.69, 9.17) is 0 Å². The van der Waals surface area contributed by atoms with Crippen LogP contribution < -0.4 is 0 Å². The molecule has 3 heterocycles. The summed E-state index contributed by atoms with van der Waals surface area (Å²) in [5.74, 6) is 0.883. The van der Waals surface area contributed by atoms with Crippen LogP contribution in [0.15, 0.2) is 171 Å². The first kappa shape index (κ1) is 30.3. The monoisotopic (exact) mass is 677 g/mol. The smallest absolute Gasteiger partial charge is 0.0541 e. The van der Waals surface area contributed by atoms with Gasteiger partial charge in [0.1, 0.15) is 0 Å². The molecule has 0 atom stereocenters. The van der Waals surface area contributed by atoms with E-state index in [1.807, 2.05) is 18.2 Å². The van der Waals surface area contributed by atoms with E-state index in [0.29, 0.717) is 11.8 Å². The fraction of sp³-hybridized carbons (Fsp3) is 0.125. The number of aromatic nitrogens is 1. The molecule has 0 saturated heterocycles. The van der Waals surface area contributed by atoms with E-state index in [1.54, 1.807) is 0 Å². The molecule has 1 spiro atoms. The molecule has 7 aromatic carbocycles. The average molecular weight is 678 g/mol. The van der Waals surface area contributed by atoms with Gasteiger partial charge in [0, 0.05) is 45.0 Å². The Labute approximate surface area is 299 Å². The minimum atomic E-state index is -3.87. The third-order valence-electron chi connectivity index (χ3n) is 11.5. The highest BCUT2D eigenvalue weighted by molar-refractivity contribution is 8.21. The predicted molar refractivity (Wildman–Crippen MR) is 213 cm³/mol. The normalized spacial score (nSPS) is 15.5. The lowest BCUT2D eigenvalue weighted by molar-refractivity contribution is 0.658. The van der Waals surface area contributed by atoms with Crippen LogP contribution in [0.25, 0.3) is 60.9 Å².